The van der Waals surface area contributed by atoms with Crippen LogP contribution in [0, 0.1) is 5.82 Å². The quantitative estimate of drug-likeness (QED) is 0.828. The van der Waals surface area contributed by atoms with Gasteiger partial charge in [0, 0.05) is 4.47 Å². The zero-order valence-electron chi connectivity index (χ0n) is 9.74. The third-order valence-electron chi connectivity index (χ3n) is 2.18. The fourth-order valence-corrected chi connectivity index (χ4v) is 2.00. The molecule has 1 aromatic carbocycles. The third-order valence-corrected chi connectivity index (χ3v) is 2.84. The van der Waals surface area contributed by atoms with Crippen molar-refractivity contribution in [2.24, 2.45) is 0 Å². The summed E-state index contributed by atoms with van der Waals surface area (Å²) in [5.41, 5.74) is -0.0881. The molecule has 0 spiro atoms. The first-order chi connectivity index (χ1) is 8.43. The van der Waals surface area contributed by atoms with E-state index in [1.165, 1.54) is 7.11 Å². The van der Waals surface area contributed by atoms with Crippen molar-refractivity contribution in [2.45, 2.75) is 13.0 Å². The molecule has 0 aliphatic heterocycles. The summed E-state index contributed by atoms with van der Waals surface area (Å²) in [5, 5.41) is 19.3. The molecule has 0 bridgehead atoms. The van der Waals surface area contributed by atoms with Gasteiger partial charge < -0.3 is 19.7 Å². The number of phenols is 1. The van der Waals surface area contributed by atoms with Crippen molar-refractivity contribution in [3.63, 3.8) is 0 Å². The highest BCUT2D eigenvalue weighted by atomic mass is 79.9. The highest BCUT2D eigenvalue weighted by Gasteiger charge is 2.28. The van der Waals surface area contributed by atoms with Gasteiger partial charge in [0.05, 0.1) is 19.3 Å². The second kappa shape index (κ2) is 6.01. The van der Waals surface area contributed by atoms with E-state index in [2.05, 4.69) is 20.7 Å². The number of hydrogen-bond acceptors (Lipinski definition) is 5. The summed E-state index contributed by atoms with van der Waals surface area (Å²) in [6.45, 7) is 1.67. The number of aromatic hydroxyl groups is 1. The van der Waals surface area contributed by atoms with Crippen molar-refractivity contribution in [2.75, 3.05) is 13.7 Å². The lowest BCUT2D eigenvalue weighted by Gasteiger charge is -2.16. The Labute approximate surface area is 111 Å². The van der Waals surface area contributed by atoms with Gasteiger partial charge in [-0.25, -0.2) is 9.18 Å². The average molecular weight is 323 g/mol. The van der Waals surface area contributed by atoms with E-state index in [-0.39, 0.29) is 22.4 Å². The number of carbonyl (C=O) groups excluding carboxylic acids is 1. The minimum atomic E-state index is -1.68. The molecule has 0 aliphatic rings. The van der Waals surface area contributed by atoms with Crippen molar-refractivity contribution in [1.29, 1.82) is 0 Å². The molecular formula is C11H12BrFO5. The van der Waals surface area contributed by atoms with Crippen LogP contribution in [0.2, 0.25) is 0 Å². The van der Waals surface area contributed by atoms with E-state index in [1.54, 1.807) is 6.92 Å². The summed E-state index contributed by atoms with van der Waals surface area (Å²) in [6.07, 6.45) is -1.68. The maximum Gasteiger partial charge on any atom is 0.339 e. The van der Waals surface area contributed by atoms with Crippen molar-refractivity contribution >= 4 is 21.9 Å². The first-order valence-electron chi connectivity index (χ1n) is 5.03. The number of rotatable bonds is 4. The zero-order valence-corrected chi connectivity index (χ0v) is 11.3. The number of aliphatic hydroxyl groups excluding tert-OH is 1. The van der Waals surface area contributed by atoms with E-state index in [9.17, 15) is 19.4 Å². The Balaban J connectivity index is 3.31. The molecule has 0 radical (unpaired) electrons. The molecule has 0 aliphatic carbocycles. The van der Waals surface area contributed by atoms with Gasteiger partial charge in [0.2, 0.25) is 0 Å². The van der Waals surface area contributed by atoms with Crippen molar-refractivity contribution in [3.05, 3.63) is 21.9 Å². The van der Waals surface area contributed by atoms with Gasteiger partial charge in [-0.1, -0.05) is 15.9 Å². The number of hydrogen-bond donors (Lipinski definition) is 2. The molecule has 1 rings (SSSR count). The molecule has 0 aromatic heterocycles. The fourth-order valence-electron chi connectivity index (χ4n) is 1.40. The van der Waals surface area contributed by atoms with Gasteiger partial charge in [-0.15, -0.1) is 0 Å². The number of aliphatic hydroxyl groups is 1. The second-order valence-electron chi connectivity index (χ2n) is 3.29. The highest BCUT2D eigenvalue weighted by molar-refractivity contribution is 9.10. The van der Waals surface area contributed by atoms with E-state index >= 15 is 0 Å². The third kappa shape index (κ3) is 2.73. The van der Waals surface area contributed by atoms with Crippen LogP contribution in [-0.2, 0) is 9.53 Å². The maximum atomic E-state index is 13.3. The second-order valence-corrected chi connectivity index (χ2v) is 4.14. The molecule has 2 N–H and O–H groups in total. The molecule has 0 heterocycles. The topological polar surface area (TPSA) is 76.0 Å². The van der Waals surface area contributed by atoms with Gasteiger partial charge in [-0.3, -0.25) is 0 Å². The molecule has 0 saturated carbocycles. The van der Waals surface area contributed by atoms with Gasteiger partial charge in [-0.2, -0.15) is 0 Å². The van der Waals surface area contributed by atoms with Gasteiger partial charge in [0.15, 0.2) is 23.4 Å². The van der Waals surface area contributed by atoms with Crippen LogP contribution in [-0.4, -0.2) is 29.9 Å². The van der Waals surface area contributed by atoms with Crippen LogP contribution in [0.15, 0.2) is 10.5 Å². The zero-order chi connectivity index (χ0) is 13.9. The SMILES string of the molecule is CCOC(=O)C(O)c1c(Br)cc(F)c(O)c1OC. The lowest BCUT2D eigenvalue weighted by molar-refractivity contribution is -0.153. The van der Waals surface area contributed by atoms with Crippen LogP contribution >= 0.6 is 15.9 Å². The van der Waals surface area contributed by atoms with E-state index < -0.39 is 23.6 Å². The Bertz CT molecular complexity index is 463. The highest BCUT2D eigenvalue weighted by Crippen LogP contribution is 2.41. The molecule has 0 amide bonds. The fraction of sp³-hybridized carbons (Fsp3) is 0.364. The van der Waals surface area contributed by atoms with Gasteiger partial charge >= 0.3 is 5.97 Å². The number of carbonyl (C=O) groups is 1. The Morgan fingerprint density at radius 2 is 2.22 bits per heavy atom. The Morgan fingerprint density at radius 3 is 2.72 bits per heavy atom. The number of methoxy groups -OCH3 is 1. The van der Waals surface area contributed by atoms with Crippen LogP contribution in [0.3, 0.4) is 0 Å². The molecule has 1 aromatic rings. The van der Waals surface area contributed by atoms with Crippen LogP contribution < -0.4 is 4.74 Å². The average Bonchev–Trinajstić information content (AvgIpc) is 2.32. The maximum absolute atomic E-state index is 13.3. The predicted octanol–water partition coefficient (Wildman–Crippen LogP) is 1.90. The van der Waals surface area contributed by atoms with E-state index in [0.29, 0.717) is 0 Å². The number of phenolic OH excluding ortho intramolecular Hbond substituents is 1. The normalized spacial score (nSPS) is 12.1. The number of ether oxygens (including phenoxy) is 2. The van der Waals surface area contributed by atoms with Crippen LogP contribution in [0.1, 0.15) is 18.6 Å². The van der Waals surface area contributed by atoms with Crippen LogP contribution in [0.4, 0.5) is 4.39 Å². The van der Waals surface area contributed by atoms with Gasteiger partial charge in [0.25, 0.3) is 0 Å². The minimum Gasteiger partial charge on any atom is -0.502 e. The largest absolute Gasteiger partial charge is 0.502 e. The summed E-state index contributed by atoms with van der Waals surface area (Å²) >= 11 is 2.99. The summed E-state index contributed by atoms with van der Waals surface area (Å²) in [4.78, 5) is 11.4. The smallest absolute Gasteiger partial charge is 0.339 e. The summed E-state index contributed by atoms with van der Waals surface area (Å²) < 4.78 is 22.8. The van der Waals surface area contributed by atoms with E-state index in [4.69, 9.17) is 4.74 Å². The molecule has 100 valence electrons. The number of esters is 1. The standard InChI is InChI=1S/C11H12BrFO5/c1-3-18-11(16)9(15)7-5(12)4-6(13)8(14)10(7)17-2/h4,9,14-15H,3H2,1-2H3. The first kappa shape index (κ1) is 14.7. The van der Waals surface area contributed by atoms with E-state index in [1.807, 2.05) is 0 Å². The van der Waals surface area contributed by atoms with Crippen LogP contribution in [0.5, 0.6) is 11.5 Å². The molecule has 7 heteroatoms. The predicted molar refractivity (Wildman–Crippen MR) is 63.9 cm³/mol. The minimum absolute atomic E-state index is 0.0863. The molecular weight excluding hydrogens is 311 g/mol. The molecule has 1 unspecified atom stereocenters. The molecule has 0 saturated heterocycles. The van der Waals surface area contributed by atoms with E-state index in [0.717, 1.165) is 6.07 Å². The van der Waals surface area contributed by atoms with Gasteiger partial charge in [0.1, 0.15) is 0 Å². The van der Waals surface area contributed by atoms with Gasteiger partial charge in [-0.05, 0) is 13.0 Å². The molecule has 1 atom stereocenters. The monoisotopic (exact) mass is 322 g/mol. The summed E-state index contributed by atoms with van der Waals surface area (Å²) in [5.74, 6) is -2.94. The number of halogens is 2. The summed E-state index contributed by atoms with van der Waals surface area (Å²) in [6, 6.07) is 0.926. The molecule has 5 nitrogen and oxygen atoms in total. The first-order valence-corrected chi connectivity index (χ1v) is 5.82. The lowest BCUT2D eigenvalue weighted by atomic mass is 10.1. The van der Waals surface area contributed by atoms with Crippen molar-refractivity contribution in [3.8, 4) is 11.5 Å². The lowest BCUT2D eigenvalue weighted by Crippen LogP contribution is -2.17. The number of benzene rings is 1. The summed E-state index contributed by atoms with van der Waals surface area (Å²) in [7, 11) is 1.18. The van der Waals surface area contributed by atoms with Crippen molar-refractivity contribution in [1.82, 2.24) is 0 Å². The van der Waals surface area contributed by atoms with Crippen molar-refractivity contribution < 1.29 is 28.9 Å². The molecule has 18 heavy (non-hydrogen) atoms. The Hall–Kier alpha value is -1.34. The molecule has 0 fully saturated rings. The Kier molecular flexibility index (Phi) is 4.92. The Morgan fingerprint density at radius 1 is 1.61 bits per heavy atom. The van der Waals surface area contributed by atoms with Crippen LogP contribution in [0.25, 0.3) is 0 Å².